The molecule has 0 amide bonds. The number of nitrogens with two attached hydrogens (primary N) is 1. The number of aromatic nitrogens is 2. The minimum absolute atomic E-state index is 0.124. The minimum Gasteiger partial charge on any atom is -0.465 e. The molecule has 0 aromatic carbocycles. The first-order valence-corrected chi connectivity index (χ1v) is 4.18. The van der Waals surface area contributed by atoms with Gasteiger partial charge in [0.1, 0.15) is 6.33 Å². The Bertz CT molecular complexity index is 329. The highest BCUT2D eigenvalue weighted by Gasteiger charge is 2.38. The summed E-state index contributed by atoms with van der Waals surface area (Å²) in [5.74, 6) is -0.129. The van der Waals surface area contributed by atoms with Gasteiger partial charge in [-0.25, -0.2) is 9.97 Å². The molecule has 1 aromatic heterocycles. The monoisotopic (exact) mass is 221 g/mol. The molecule has 0 aliphatic heterocycles. The van der Waals surface area contributed by atoms with Gasteiger partial charge >= 0.3 is 6.18 Å². The van der Waals surface area contributed by atoms with E-state index < -0.39 is 12.3 Å². The van der Waals surface area contributed by atoms with Crippen molar-refractivity contribution in [2.24, 2.45) is 5.73 Å². The standard InChI is InChI=1S/C8H10F3N3O/c1-5(8(9,10)11)15-7-2-6(3-12)13-4-14-7/h2,4-5H,3,12H2,1H3/t5-/m1/s1. The molecule has 0 spiro atoms. The number of ether oxygens (including phenoxy) is 1. The van der Waals surface area contributed by atoms with E-state index in [0.717, 1.165) is 13.3 Å². The van der Waals surface area contributed by atoms with Crippen LogP contribution in [0.1, 0.15) is 12.6 Å². The first kappa shape index (κ1) is 11.7. The van der Waals surface area contributed by atoms with Crippen molar-refractivity contribution >= 4 is 0 Å². The molecule has 1 aromatic rings. The Kier molecular flexibility index (Phi) is 3.46. The Hall–Kier alpha value is -1.37. The molecule has 1 rings (SSSR count). The summed E-state index contributed by atoms with van der Waals surface area (Å²) >= 11 is 0. The van der Waals surface area contributed by atoms with Crippen LogP contribution in [0.4, 0.5) is 13.2 Å². The molecule has 4 nitrogen and oxygen atoms in total. The molecule has 1 heterocycles. The van der Waals surface area contributed by atoms with Crippen molar-refractivity contribution in [2.75, 3.05) is 0 Å². The van der Waals surface area contributed by atoms with Gasteiger partial charge in [-0.1, -0.05) is 0 Å². The van der Waals surface area contributed by atoms with Crippen molar-refractivity contribution in [3.8, 4) is 5.88 Å². The summed E-state index contributed by atoms with van der Waals surface area (Å²) < 4.78 is 41.0. The van der Waals surface area contributed by atoms with Gasteiger partial charge in [0.2, 0.25) is 5.88 Å². The highest BCUT2D eigenvalue weighted by Crippen LogP contribution is 2.23. The smallest absolute Gasteiger partial charge is 0.425 e. The minimum atomic E-state index is -4.41. The third-order valence-electron chi connectivity index (χ3n) is 1.67. The summed E-state index contributed by atoms with van der Waals surface area (Å²) in [6.45, 7) is 1.03. The van der Waals surface area contributed by atoms with E-state index in [4.69, 9.17) is 5.73 Å². The lowest BCUT2D eigenvalue weighted by atomic mass is 10.4. The summed E-state index contributed by atoms with van der Waals surface area (Å²) in [6, 6.07) is 1.28. The molecule has 2 N–H and O–H groups in total. The van der Waals surface area contributed by atoms with E-state index in [1.807, 2.05) is 0 Å². The van der Waals surface area contributed by atoms with Crippen LogP contribution in [-0.2, 0) is 6.54 Å². The van der Waals surface area contributed by atoms with Crippen molar-refractivity contribution in [3.05, 3.63) is 18.1 Å². The van der Waals surface area contributed by atoms with E-state index in [1.54, 1.807) is 0 Å². The van der Waals surface area contributed by atoms with E-state index in [1.165, 1.54) is 6.07 Å². The number of alkyl halides is 3. The van der Waals surface area contributed by atoms with Crippen LogP contribution >= 0.6 is 0 Å². The van der Waals surface area contributed by atoms with Crippen LogP contribution in [0.3, 0.4) is 0 Å². The molecule has 0 unspecified atom stereocenters. The van der Waals surface area contributed by atoms with Crippen molar-refractivity contribution in [2.45, 2.75) is 25.7 Å². The average molecular weight is 221 g/mol. The lowest BCUT2D eigenvalue weighted by Gasteiger charge is -2.16. The van der Waals surface area contributed by atoms with Gasteiger partial charge in [0, 0.05) is 12.6 Å². The van der Waals surface area contributed by atoms with Crippen LogP contribution in [0, 0.1) is 0 Å². The van der Waals surface area contributed by atoms with Crippen LogP contribution in [0.15, 0.2) is 12.4 Å². The Labute approximate surface area is 84.3 Å². The van der Waals surface area contributed by atoms with Gasteiger partial charge in [0.25, 0.3) is 0 Å². The summed E-state index contributed by atoms with van der Waals surface area (Å²) in [4.78, 5) is 7.28. The maximum absolute atomic E-state index is 12.1. The fourth-order valence-corrected chi connectivity index (χ4v) is 0.801. The normalized spacial score (nSPS) is 13.7. The third-order valence-corrected chi connectivity index (χ3v) is 1.67. The number of rotatable bonds is 3. The summed E-state index contributed by atoms with van der Waals surface area (Å²) in [5, 5.41) is 0. The highest BCUT2D eigenvalue weighted by molar-refractivity contribution is 5.13. The molecule has 84 valence electrons. The number of halogens is 3. The number of hydrogen-bond acceptors (Lipinski definition) is 4. The molecule has 0 aliphatic carbocycles. The Morgan fingerprint density at radius 3 is 2.67 bits per heavy atom. The van der Waals surface area contributed by atoms with Gasteiger partial charge in [-0.05, 0) is 6.92 Å². The molecular weight excluding hydrogens is 211 g/mol. The largest absolute Gasteiger partial charge is 0.465 e. The summed E-state index contributed by atoms with van der Waals surface area (Å²) in [6.07, 6.45) is -5.20. The van der Waals surface area contributed by atoms with Crippen molar-refractivity contribution in [3.63, 3.8) is 0 Å². The molecule has 0 saturated heterocycles. The van der Waals surface area contributed by atoms with Crippen LogP contribution in [0.2, 0.25) is 0 Å². The first-order chi connectivity index (χ1) is 6.93. The van der Waals surface area contributed by atoms with Crippen LogP contribution in [0.5, 0.6) is 5.88 Å². The molecule has 1 atom stereocenters. The maximum Gasteiger partial charge on any atom is 0.425 e. The second kappa shape index (κ2) is 4.43. The molecule has 0 radical (unpaired) electrons. The lowest BCUT2D eigenvalue weighted by Crippen LogP contribution is -2.31. The van der Waals surface area contributed by atoms with E-state index in [-0.39, 0.29) is 12.4 Å². The van der Waals surface area contributed by atoms with Crippen LogP contribution in [-0.4, -0.2) is 22.2 Å². The zero-order chi connectivity index (χ0) is 11.5. The van der Waals surface area contributed by atoms with Gasteiger partial charge in [0.05, 0.1) is 5.69 Å². The Morgan fingerprint density at radius 1 is 1.47 bits per heavy atom. The van der Waals surface area contributed by atoms with Gasteiger partial charge < -0.3 is 10.5 Å². The summed E-state index contributed by atoms with van der Waals surface area (Å²) in [5.41, 5.74) is 5.69. The van der Waals surface area contributed by atoms with E-state index in [9.17, 15) is 13.2 Å². The van der Waals surface area contributed by atoms with E-state index in [0.29, 0.717) is 5.69 Å². The molecule has 0 saturated carbocycles. The average Bonchev–Trinajstić information content (AvgIpc) is 2.16. The molecule has 0 aliphatic rings. The fourth-order valence-electron chi connectivity index (χ4n) is 0.801. The Morgan fingerprint density at radius 2 is 2.13 bits per heavy atom. The quantitative estimate of drug-likeness (QED) is 0.834. The maximum atomic E-state index is 12.1. The fraction of sp³-hybridized carbons (Fsp3) is 0.500. The van der Waals surface area contributed by atoms with Gasteiger partial charge in [-0.2, -0.15) is 13.2 Å². The van der Waals surface area contributed by atoms with E-state index in [2.05, 4.69) is 14.7 Å². The molecule has 0 bridgehead atoms. The zero-order valence-corrected chi connectivity index (χ0v) is 7.95. The highest BCUT2D eigenvalue weighted by atomic mass is 19.4. The van der Waals surface area contributed by atoms with Gasteiger partial charge in [-0.3, -0.25) is 0 Å². The van der Waals surface area contributed by atoms with Gasteiger partial charge in [0.15, 0.2) is 6.10 Å². The van der Waals surface area contributed by atoms with Crippen LogP contribution in [0.25, 0.3) is 0 Å². The third kappa shape index (κ3) is 3.35. The van der Waals surface area contributed by atoms with Crippen LogP contribution < -0.4 is 10.5 Å². The van der Waals surface area contributed by atoms with Gasteiger partial charge in [-0.15, -0.1) is 0 Å². The predicted octanol–water partition coefficient (Wildman–Crippen LogP) is 1.26. The van der Waals surface area contributed by atoms with E-state index >= 15 is 0 Å². The van der Waals surface area contributed by atoms with Crippen molar-refractivity contribution in [1.82, 2.24) is 9.97 Å². The second-order valence-corrected chi connectivity index (χ2v) is 2.85. The lowest BCUT2D eigenvalue weighted by molar-refractivity contribution is -0.190. The number of nitrogens with zero attached hydrogens (tertiary/aromatic N) is 2. The topological polar surface area (TPSA) is 61.0 Å². The SMILES string of the molecule is C[C@@H](Oc1cc(CN)ncn1)C(F)(F)F. The molecule has 15 heavy (non-hydrogen) atoms. The van der Waals surface area contributed by atoms with Crippen molar-refractivity contribution < 1.29 is 17.9 Å². The predicted molar refractivity (Wildman–Crippen MR) is 46.1 cm³/mol. The second-order valence-electron chi connectivity index (χ2n) is 2.85. The first-order valence-electron chi connectivity index (χ1n) is 4.18. The molecule has 0 fully saturated rings. The molecule has 7 heteroatoms. The summed E-state index contributed by atoms with van der Waals surface area (Å²) in [7, 11) is 0. The zero-order valence-electron chi connectivity index (χ0n) is 7.95. The number of hydrogen-bond donors (Lipinski definition) is 1. The molecular formula is C8H10F3N3O. The van der Waals surface area contributed by atoms with Crippen molar-refractivity contribution in [1.29, 1.82) is 0 Å². The Balaban J connectivity index is 2.72.